The van der Waals surface area contributed by atoms with Crippen LogP contribution in [0.15, 0.2) is 6.20 Å². The lowest BCUT2D eigenvalue weighted by Crippen LogP contribution is -2.32. The molecule has 0 radical (unpaired) electrons. The number of rotatable bonds is 3. The van der Waals surface area contributed by atoms with E-state index in [4.69, 9.17) is 0 Å². The Hall–Kier alpha value is -1.37. The molecular weight excluding hydrogens is 218 g/mol. The predicted molar refractivity (Wildman–Crippen MR) is 56.3 cm³/mol. The van der Waals surface area contributed by atoms with Crippen LogP contribution in [0.25, 0.3) is 0 Å². The van der Waals surface area contributed by atoms with E-state index in [-0.39, 0.29) is 0 Å². The van der Waals surface area contributed by atoms with Gasteiger partial charge >= 0.3 is 0 Å². The minimum Gasteiger partial charge on any atom is -0.310 e. The number of carbonyl (C=O) groups is 1. The first kappa shape index (κ1) is 11.7. The van der Waals surface area contributed by atoms with Crippen LogP contribution in [0, 0.1) is 6.92 Å². The molecule has 0 saturated heterocycles. The maximum Gasteiger partial charge on any atom is 0.243 e. The Morgan fingerprint density at radius 3 is 2.60 bits per heavy atom. The van der Waals surface area contributed by atoms with Gasteiger partial charge in [0.1, 0.15) is 11.1 Å². The molecule has 0 aromatic carbocycles. The largest absolute Gasteiger partial charge is 0.310 e. The summed E-state index contributed by atoms with van der Waals surface area (Å²) in [5, 5.41) is 7.66. The van der Waals surface area contributed by atoms with Crippen molar-refractivity contribution in [3.05, 3.63) is 11.8 Å². The third-order valence-corrected chi connectivity index (χ3v) is 3.59. The van der Waals surface area contributed by atoms with Crippen LogP contribution < -0.4 is 5.32 Å². The number of carbonyl (C=O) groups excluding carboxylic acids is 1. The van der Waals surface area contributed by atoms with Gasteiger partial charge in [0.05, 0.1) is 6.20 Å². The molecule has 84 valence electrons. The van der Waals surface area contributed by atoms with Crippen LogP contribution in [-0.2, 0) is 14.6 Å². The Kier molecular flexibility index (Phi) is 3.13. The number of amides is 1. The van der Waals surface area contributed by atoms with Crippen molar-refractivity contribution in [1.82, 2.24) is 10.2 Å². The standard InChI is InChI=1S/C8H13N3O3S/c1-5-4-9-11-7(5)10-8(12)6(2)15(3,13)14/h4,6H,1-3H3,(H2,9,10,11,12). The monoisotopic (exact) mass is 231 g/mol. The molecule has 1 rings (SSSR count). The van der Waals surface area contributed by atoms with Gasteiger partial charge in [0.25, 0.3) is 0 Å². The van der Waals surface area contributed by atoms with Gasteiger partial charge in [-0.3, -0.25) is 9.89 Å². The maximum absolute atomic E-state index is 11.5. The zero-order chi connectivity index (χ0) is 11.6. The second kappa shape index (κ2) is 4.01. The molecule has 6 nitrogen and oxygen atoms in total. The highest BCUT2D eigenvalue weighted by molar-refractivity contribution is 7.92. The first-order chi connectivity index (χ1) is 6.82. The number of aromatic amines is 1. The Bertz CT molecular complexity index is 463. The second-order valence-electron chi connectivity index (χ2n) is 3.39. The minimum absolute atomic E-state index is 0.426. The maximum atomic E-state index is 11.5. The molecule has 1 aromatic heterocycles. The van der Waals surface area contributed by atoms with Crippen molar-refractivity contribution >= 4 is 21.6 Å². The van der Waals surface area contributed by atoms with Gasteiger partial charge in [-0.1, -0.05) is 0 Å². The van der Waals surface area contributed by atoms with E-state index in [1.807, 2.05) is 0 Å². The minimum atomic E-state index is -3.36. The zero-order valence-corrected chi connectivity index (χ0v) is 9.55. The van der Waals surface area contributed by atoms with Crippen molar-refractivity contribution in [3.63, 3.8) is 0 Å². The van der Waals surface area contributed by atoms with Gasteiger partial charge in [-0.2, -0.15) is 5.10 Å². The molecule has 7 heteroatoms. The van der Waals surface area contributed by atoms with Crippen LogP contribution in [-0.4, -0.2) is 36.0 Å². The third kappa shape index (κ3) is 2.79. The summed E-state index contributed by atoms with van der Waals surface area (Å²) >= 11 is 0. The highest BCUT2D eigenvalue weighted by Crippen LogP contribution is 2.10. The summed E-state index contributed by atoms with van der Waals surface area (Å²) < 4.78 is 22.2. The van der Waals surface area contributed by atoms with Crippen molar-refractivity contribution < 1.29 is 13.2 Å². The van der Waals surface area contributed by atoms with Crippen LogP contribution in [0.4, 0.5) is 5.82 Å². The van der Waals surface area contributed by atoms with Gasteiger partial charge in [-0.15, -0.1) is 0 Å². The molecule has 1 amide bonds. The second-order valence-corrected chi connectivity index (χ2v) is 5.76. The number of nitrogens with one attached hydrogen (secondary N) is 2. The van der Waals surface area contributed by atoms with Crippen molar-refractivity contribution in [1.29, 1.82) is 0 Å². The lowest BCUT2D eigenvalue weighted by molar-refractivity contribution is -0.115. The molecule has 0 aliphatic heterocycles. The molecule has 1 aromatic rings. The number of H-pyrrole nitrogens is 1. The topological polar surface area (TPSA) is 91.9 Å². The van der Waals surface area contributed by atoms with E-state index in [2.05, 4.69) is 15.5 Å². The molecule has 1 atom stereocenters. The fourth-order valence-corrected chi connectivity index (χ4v) is 1.34. The van der Waals surface area contributed by atoms with E-state index < -0.39 is 21.0 Å². The highest BCUT2D eigenvalue weighted by Gasteiger charge is 2.24. The molecular formula is C8H13N3O3S. The average molecular weight is 231 g/mol. The molecule has 15 heavy (non-hydrogen) atoms. The van der Waals surface area contributed by atoms with Crippen molar-refractivity contribution in [2.75, 3.05) is 11.6 Å². The summed E-state index contributed by atoms with van der Waals surface area (Å²) in [4.78, 5) is 11.5. The number of sulfone groups is 1. The summed E-state index contributed by atoms with van der Waals surface area (Å²) in [6.45, 7) is 3.10. The fourth-order valence-electron chi connectivity index (χ4n) is 0.892. The predicted octanol–water partition coefficient (Wildman–Crippen LogP) is 0.0897. The van der Waals surface area contributed by atoms with E-state index in [0.29, 0.717) is 5.82 Å². The zero-order valence-electron chi connectivity index (χ0n) is 8.73. The van der Waals surface area contributed by atoms with Crippen LogP contribution in [0.1, 0.15) is 12.5 Å². The Morgan fingerprint density at radius 2 is 2.20 bits per heavy atom. The van der Waals surface area contributed by atoms with Gasteiger partial charge in [0.2, 0.25) is 5.91 Å². The molecule has 0 aliphatic carbocycles. The van der Waals surface area contributed by atoms with Gasteiger partial charge in [0, 0.05) is 11.8 Å². The third-order valence-electron chi connectivity index (χ3n) is 2.09. The summed E-state index contributed by atoms with van der Waals surface area (Å²) in [7, 11) is -3.36. The van der Waals surface area contributed by atoms with Crippen LogP contribution in [0.5, 0.6) is 0 Å². The fraction of sp³-hybridized carbons (Fsp3) is 0.500. The molecule has 2 N–H and O–H groups in total. The van der Waals surface area contributed by atoms with Gasteiger partial charge < -0.3 is 5.32 Å². The normalized spacial score (nSPS) is 13.5. The molecule has 1 unspecified atom stereocenters. The summed E-state index contributed by atoms with van der Waals surface area (Å²) in [6.07, 6.45) is 2.57. The van der Waals surface area contributed by atoms with Crippen LogP contribution >= 0.6 is 0 Å². The van der Waals surface area contributed by atoms with Gasteiger partial charge in [0.15, 0.2) is 9.84 Å². The molecule has 0 fully saturated rings. The van der Waals surface area contributed by atoms with E-state index in [9.17, 15) is 13.2 Å². The number of hydrogen-bond donors (Lipinski definition) is 2. The summed E-state index contributed by atoms with van der Waals surface area (Å²) in [5.74, 6) is -0.139. The smallest absolute Gasteiger partial charge is 0.243 e. The van der Waals surface area contributed by atoms with E-state index in [0.717, 1.165) is 11.8 Å². The van der Waals surface area contributed by atoms with Gasteiger partial charge in [-0.05, 0) is 13.8 Å². The SMILES string of the molecule is Cc1cn[nH]c1NC(=O)C(C)S(C)(=O)=O. The van der Waals surface area contributed by atoms with Crippen molar-refractivity contribution in [3.8, 4) is 0 Å². The molecule has 0 spiro atoms. The number of anilines is 1. The Labute approximate surface area is 88.0 Å². The first-order valence-corrected chi connectivity index (χ1v) is 6.27. The molecule has 0 aliphatic rings. The molecule has 0 saturated carbocycles. The first-order valence-electron chi connectivity index (χ1n) is 4.32. The lowest BCUT2D eigenvalue weighted by Gasteiger charge is -2.09. The van der Waals surface area contributed by atoms with Crippen molar-refractivity contribution in [2.45, 2.75) is 19.1 Å². The number of hydrogen-bond acceptors (Lipinski definition) is 4. The Morgan fingerprint density at radius 1 is 1.60 bits per heavy atom. The summed E-state index contributed by atoms with van der Waals surface area (Å²) in [6, 6.07) is 0. The Balaban J connectivity index is 2.77. The van der Waals surface area contributed by atoms with E-state index in [1.165, 1.54) is 6.92 Å². The molecule has 1 heterocycles. The van der Waals surface area contributed by atoms with Crippen LogP contribution in [0.2, 0.25) is 0 Å². The lowest BCUT2D eigenvalue weighted by atomic mass is 10.3. The summed E-state index contributed by atoms with van der Waals surface area (Å²) in [5.41, 5.74) is 0.754. The number of aromatic nitrogens is 2. The number of aryl methyl sites for hydroxylation is 1. The average Bonchev–Trinajstić information content (AvgIpc) is 2.49. The quantitative estimate of drug-likeness (QED) is 0.771. The van der Waals surface area contributed by atoms with Gasteiger partial charge in [-0.25, -0.2) is 8.42 Å². The van der Waals surface area contributed by atoms with Crippen molar-refractivity contribution in [2.24, 2.45) is 0 Å². The van der Waals surface area contributed by atoms with Crippen LogP contribution in [0.3, 0.4) is 0 Å². The van der Waals surface area contributed by atoms with E-state index >= 15 is 0 Å². The van der Waals surface area contributed by atoms with E-state index in [1.54, 1.807) is 13.1 Å². The number of nitrogens with zero attached hydrogens (tertiary/aromatic N) is 1. The molecule has 0 bridgehead atoms. The highest BCUT2D eigenvalue weighted by atomic mass is 32.2.